The molecule has 4 rings (SSSR count). The van der Waals surface area contributed by atoms with Crippen LogP contribution >= 0.6 is 12.4 Å². The van der Waals surface area contributed by atoms with Crippen LogP contribution in [0.25, 0.3) is 21.8 Å². The average molecular weight is 369 g/mol. The number of halogens is 1. The summed E-state index contributed by atoms with van der Waals surface area (Å²) >= 11 is 0. The molecule has 0 radical (unpaired) electrons. The minimum Gasteiger partial charge on any atom is -0.341 e. The molecule has 2 aromatic heterocycles. The van der Waals surface area contributed by atoms with Gasteiger partial charge in [-0.25, -0.2) is 4.98 Å². The number of para-hydroxylation sites is 1. The van der Waals surface area contributed by atoms with Crippen molar-refractivity contribution in [1.29, 1.82) is 0 Å². The number of fused-ring (bicyclic) bond motifs is 3. The Bertz CT molecular complexity index is 972. The van der Waals surface area contributed by atoms with Crippen LogP contribution in [0.2, 0.25) is 0 Å². The van der Waals surface area contributed by atoms with E-state index in [4.69, 9.17) is 0 Å². The smallest absolute Gasteiger partial charge is 0.0945 e. The van der Waals surface area contributed by atoms with Crippen LogP contribution < -0.4 is 5.32 Å². The van der Waals surface area contributed by atoms with E-state index in [0.29, 0.717) is 0 Å². The van der Waals surface area contributed by atoms with Gasteiger partial charge < -0.3 is 14.5 Å². The van der Waals surface area contributed by atoms with Gasteiger partial charge in [-0.15, -0.1) is 12.4 Å². The minimum absolute atomic E-state index is 0. The van der Waals surface area contributed by atoms with Crippen molar-refractivity contribution in [1.82, 2.24) is 19.4 Å². The molecule has 0 amide bonds. The number of benzene rings is 2. The molecular formula is C21H25ClN4. The fraction of sp³-hybridized carbons (Fsp3) is 0.286. The summed E-state index contributed by atoms with van der Waals surface area (Å²) in [5.74, 6) is 0. The molecule has 0 saturated heterocycles. The van der Waals surface area contributed by atoms with Crippen molar-refractivity contribution in [3.63, 3.8) is 0 Å². The molecule has 2 heterocycles. The minimum atomic E-state index is 0. The predicted octanol–water partition coefficient (Wildman–Crippen LogP) is 4.61. The topological polar surface area (TPSA) is 34.8 Å². The molecule has 0 unspecified atom stereocenters. The summed E-state index contributed by atoms with van der Waals surface area (Å²) in [6.45, 7) is 6.13. The number of aromatic nitrogens is 3. The summed E-state index contributed by atoms with van der Waals surface area (Å²) in [5.41, 5.74) is 3.99. The summed E-state index contributed by atoms with van der Waals surface area (Å²) in [5, 5.41) is 6.26. The van der Waals surface area contributed by atoms with Gasteiger partial charge in [-0.05, 0) is 43.7 Å². The van der Waals surface area contributed by atoms with Crippen molar-refractivity contribution in [2.24, 2.45) is 0 Å². The molecule has 0 fully saturated rings. The molecule has 5 heteroatoms. The van der Waals surface area contributed by atoms with E-state index in [0.717, 1.165) is 32.6 Å². The number of hydrogen-bond acceptors (Lipinski definition) is 2. The van der Waals surface area contributed by atoms with E-state index in [1.165, 1.54) is 27.4 Å². The predicted molar refractivity (Wildman–Crippen MR) is 111 cm³/mol. The molecule has 4 nitrogen and oxygen atoms in total. The molecule has 0 saturated carbocycles. The first-order chi connectivity index (χ1) is 12.4. The Labute approximate surface area is 160 Å². The van der Waals surface area contributed by atoms with Crippen LogP contribution in [-0.2, 0) is 19.6 Å². The van der Waals surface area contributed by atoms with Gasteiger partial charge in [0.05, 0.1) is 6.33 Å². The van der Waals surface area contributed by atoms with Gasteiger partial charge in [0.1, 0.15) is 0 Å². The maximum atomic E-state index is 4.07. The van der Waals surface area contributed by atoms with Crippen LogP contribution in [-0.4, -0.2) is 20.7 Å². The number of aryl methyl sites for hydroxylation is 2. The lowest BCUT2D eigenvalue weighted by atomic mass is 10.1. The van der Waals surface area contributed by atoms with Crippen molar-refractivity contribution < 1.29 is 0 Å². The monoisotopic (exact) mass is 368 g/mol. The van der Waals surface area contributed by atoms with Crippen LogP contribution in [0.1, 0.15) is 18.9 Å². The second kappa shape index (κ2) is 8.39. The molecule has 0 bridgehead atoms. The first-order valence-corrected chi connectivity index (χ1v) is 9.03. The van der Waals surface area contributed by atoms with Gasteiger partial charge in [-0.1, -0.05) is 24.3 Å². The van der Waals surface area contributed by atoms with E-state index in [1.807, 2.05) is 18.7 Å². The molecule has 0 spiro atoms. The second-order valence-electron chi connectivity index (χ2n) is 6.44. The van der Waals surface area contributed by atoms with E-state index in [9.17, 15) is 0 Å². The van der Waals surface area contributed by atoms with Crippen LogP contribution in [0.5, 0.6) is 0 Å². The van der Waals surface area contributed by atoms with E-state index < -0.39 is 0 Å². The summed E-state index contributed by atoms with van der Waals surface area (Å²) in [4.78, 5) is 4.07. The fourth-order valence-corrected chi connectivity index (χ4v) is 3.59. The molecule has 0 aliphatic carbocycles. The maximum absolute atomic E-state index is 4.07. The molecule has 1 N–H and O–H groups in total. The van der Waals surface area contributed by atoms with Gasteiger partial charge in [0, 0.05) is 53.8 Å². The molecular weight excluding hydrogens is 344 g/mol. The lowest BCUT2D eigenvalue weighted by molar-refractivity contribution is 0.581. The highest BCUT2D eigenvalue weighted by molar-refractivity contribution is 6.08. The summed E-state index contributed by atoms with van der Waals surface area (Å²) in [7, 11) is 0. The number of nitrogens with zero attached hydrogens (tertiary/aromatic N) is 3. The lowest BCUT2D eigenvalue weighted by Crippen LogP contribution is -2.16. The van der Waals surface area contributed by atoms with Crippen LogP contribution in [0, 0.1) is 0 Å². The SMILES string of the molecule is CCn1c2ccccc2c2cc(CNCCCn3ccnc3)ccc21.Cl. The molecule has 0 atom stereocenters. The Kier molecular flexibility index (Phi) is 5.96. The van der Waals surface area contributed by atoms with Gasteiger partial charge in [0.25, 0.3) is 0 Å². The number of imidazole rings is 1. The Morgan fingerprint density at radius 1 is 1.04 bits per heavy atom. The van der Waals surface area contributed by atoms with Crippen LogP contribution in [0.15, 0.2) is 61.2 Å². The average Bonchev–Trinajstić information content (AvgIpc) is 3.27. The zero-order valence-electron chi connectivity index (χ0n) is 15.1. The van der Waals surface area contributed by atoms with Gasteiger partial charge in [0.2, 0.25) is 0 Å². The first kappa shape index (κ1) is 18.5. The number of hydrogen-bond donors (Lipinski definition) is 1. The van der Waals surface area contributed by atoms with E-state index in [1.54, 1.807) is 0 Å². The maximum Gasteiger partial charge on any atom is 0.0945 e. The Balaban J connectivity index is 0.00000196. The molecule has 0 aliphatic heterocycles. The van der Waals surface area contributed by atoms with Crippen molar-refractivity contribution in [2.75, 3.05) is 6.54 Å². The highest BCUT2D eigenvalue weighted by Gasteiger charge is 2.09. The third-order valence-corrected chi connectivity index (χ3v) is 4.81. The van der Waals surface area contributed by atoms with Crippen molar-refractivity contribution >= 4 is 34.2 Å². The van der Waals surface area contributed by atoms with Crippen molar-refractivity contribution in [3.05, 3.63) is 66.7 Å². The Morgan fingerprint density at radius 3 is 2.69 bits per heavy atom. The van der Waals surface area contributed by atoms with Gasteiger partial charge in [-0.3, -0.25) is 0 Å². The van der Waals surface area contributed by atoms with E-state index in [-0.39, 0.29) is 12.4 Å². The molecule has 0 aliphatic rings. The lowest BCUT2D eigenvalue weighted by Gasteiger charge is -2.07. The summed E-state index contributed by atoms with van der Waals surface area (Å²) < 4.78 is 4.51. The third kappa shape index (κ3) is 3.62. The zero-order valence-corrected chi connectivity index (χ0v) is 15.9. The standard InChI is InChI=1S/C21H24N4.ClH/c1-2-25-20-7-4-3-6-18(20)19-14-17(8-9-21(19)25)15-22-10-5-12-24-13-11-23-16-24;/h3-4,6-9,11,13-14,16,22H,2,5,10,12,15H2,1H3;1H. The van der Waals surface area contributed by atoms with E-state index in [2.05, 4.69) is 68.8 Å². The second-order valence-corrected chi connectivity index (χ2v) is 6.44. The molecule has 2 aromatic carbocycles. The van der Waals surface area contributed by atoms with Crippen LogP contribution in [0.3, 0.4) is 0 Å². The van der Waals surface area contributed by atoms with E-state index >= 15 is 0 Å². The third-order valence-electron chi connectivity index (χ3n) is 4.81. The van der Waals surface area contributed by atoms with Gasteiger partial charge in [0.15, 0.2) is 0 Å². The molecule has 4 aromatic rings. The van der Waals surface area contributed by atoms with Gasteiger partial charge in [-0.2, -0.15) is 0 Å². The summed E-state index contributed by atoms with van der Waals surface area (Å²) in [6.07, 6.45) is 6.82. The zero-order chi connectivity index (χ0) is 17.1. The summed E-state index contributed by atoms with van der Waals surface area (Å²) in [6, 6.07) is 15.5. The fourth-order valence-electron chi connectivity index (χ4n) is 3.59. The van der Waals surface area contributed by atoms with Crippen molar-refractivity contribution in [3.8, 4) is 0 Å². The molecule has 136 valence electrons. The molecule has 26 heavy (non-hydrogen) atoms. The highest BCUT2D eigenvalue weighted by atomic mass is 35.5. The highest BCUT2D eigenvalue weighted by Crippen LogP contribution is 2.29. The normalized spacial score (nSPS) is 11.1. The van der Waals surface area contributed by atoms with Gasteiger partial charge >= 0.3 is 0 Å². The van der Waals surface area contributed by atoms with Crippen LogP contribution in [0.4, 0.5) is 0 Å². The van der Waals surface area contributed by atoms with Crippen molar-refractivity contribution in [2.45, 2.75) is 33.0 Å². The largest absolute Gasteiger partial charge is 0.341 e. The Hall–Kier alpha value is -2.30. The Morgan fingerprint density at radius 2 is 1.88 bits per heavy atom. The quantitative estimate of drug-likeness (QED) is 0.483. The first-order valence-electron chi connectivity index (χ1n) is 9.03. The number of nitrogens with one attached hydrogen (secondary N) is 1. The number of rotatable bonds is 7.